The highest BCUT2D eigenvalue weighted by Crippen LogP contribution is 2.66. The Morgan fingerprint density at radius 2 is 2.12 bits per heavy atom. The molecule has 6 rings (SSSR count). The first-order valence-corrected chi connectivity index (χ1v) is 9.71. The van der Waals surface area contributed by atoms with Crippen molar-refractivity contribution in [2.75, 3.05) is 6.54 Å². The molecule has 1 aromatic carbocycles. The maximum atomic E-state index is 12.1. The van der Waals surface area contributed by atoms with Gasteiger partial charge in [0.25, 0.3) is 0 Å². The summed E-state index contributed by atoms with van der Waals surface area (Å²) < 4.78 is 6.38. The number of benzene rings is 1. The second kappa shape index (κ2) is 5.18. The molecular formula is C21H26ClNO3. The summed E-state index contributed by atoms with van der Waals surface area (Å²) in [6.45, 7) is 5.33. The molecule has 2 heterocycles. The molecule has 5 atom stereocenters. The van der Waals surface area contributed by atoms with Crippen LogP contribution in [0.25, 0.3) is 0 Å². The number of phenols is 1. The maximum absolute atomic E-state index is 12.1. The van der Waals surface area contributed by atoms with Crippen LogP contribution in [0.4, 0.5) is 0 Å². The van der Waals surface area contributed by atoms with E-state index in [9.17, 15) is 10.2 Å². The Morgan fingerprint density at radius 1 is 1.31 bits per heavy atom. The van der Waals surface area contributed by atoms with Gasteiger partial charge in [0.05, 0.1) is 11.0 Å². The van der Waals surface area contributed by atoms with Crippen LogP contribution >= 0.6 is 12.4 Å². The van der Waals surface area contributed by atoms with E-state index in [1.54, 1.807) is 6.07 Å². The predicted octanol–water partition coefficient (Wildman–Crippen LogP) is 2.84. The summed E-state index contributed by atoms with van der Waals surface area (Å²) >= 11 is 0. The average Bonchev–Trinajstić information content (AvgIpc) is 3.31. The van der Waals surface area contributed by atoms with Crippen LogP contribution in [0.15, 0.2) is 24.3 Å². The molecule has 2 unspecified atom stereocenters. The van der Waals surface area contributed by atoms with Gasteiger partial charge in [0.2, 0.25) is 0 Å². The number of piperidine rings is 1. The quantitative estimate of drug-likeness (QED) is 0.695. The second-order valence-electron chi connectivity index (χ2n) is 8.96. The monoisotopic (exact) mass is 375 g/mol. The summed E-state index contributed by atoms with van der Waals surface area (Å²) in [5.74, 6) is 1.92. The Bertz CT molecular complexity index is 807. The fourth-order valence-corrected chi connectivity index (χ4v) is 6.47. The van der Waals surface area contributed by atoms with Crippen LogP contribution in [0.3, 0.4) is 0 Å². The molecule has 1 spiro atoms. The third-order valence-corrected chi connectivity index (χ3v) is 7.77. The zero-order chi connectivity index (χ0) is 17.0. The van der Waals surface area contributed by atoms with Crippen molar-refractivity contribution in [3.8, 4) is 11.5 Å². The minimum Gasteiger partial charge on any atom is -0.504 e. The average molecular weight is 376 g/mol. The van der Waals surface area contributed by atoms with Crippen molar-refractivity contribution >= 4 is 12.4 Å². The van der Waals surface area contributed by atoms with E-state index in [0.717, 1.165) is 49.3 Å². The zero-order valence-electron chi connectivity index (χ0n) is 14.8. The minimum absolute atomic E-state index is 0. The summed E-state index contributed by atoms with van der Waals surface area (Å²) in [4.78, 5) is 0. The molecule has 140 valence electrons. The van der Waals surface area contributed by atoms with Crippen LogP contribution in [0, 0.1) is 11.8 Å². The number of aliphatic hydroxyl groups is 1. The Hall–Kier alpha value is -1.23. The van der Waals surface area contributed by atoms with Crippen LogP contribution in [0.1, 0.15) is 43.2 Å². The van der Waals surface area contributed by atoms with E-state index in [2.05, 4.69) is 11.9 Å². The van der Waals surface area contributed by atoms with Gasteiger partial charge in [-0.05, 0) is 61.3 Å². The lowest BCUT2D eigenvalue weighted by Crippen LogP contribution is -2.75. The standard InChI is InChI=1S/C21H25NO3.ClH/c1-11-14(8-12-2-3-12)10-21(24)16-9-13-4-5-15(23)18-17(13)20(21,6-7-22-16)19(11)25-18;/h4-5,12,14,16,19,22-24H,1-3,6-10H2;1H/t14?,16-,19?,20+,21-;/m1./s1. The number of hydrogen-bond acceptors (Lipinski definition) is 4. The number of halogens is 1. The van der Waals surface area contributed by atoms with Gasteiger partial charge in [-0.25, -0.2) is 0 Å². The van der Waals surface area contributed by atoms with Gasteiger partial charge in [0, 0.05) is 11.6 Å². The highest BCUT2D eigenvalue weighted by Gasteiger charge is 2.72. The van der Waals surface area contributed by atoms with E-state index in [1.165, 1.54) is 18.4 Å². The topological polar surface area (TPSA) is 61.7 Å². The molecule has 0 amide bonds. The molecule has 2 bridgehead atoms. The van der Waals surface area contributed by atoms with Crippen LogP contribution in [-0.4, -0.2) is 34.5 Å². The fraction of sp³-hybridized carbons (Fsp3) is 0.619. The Labute approximate surface area is 160 Å². The first-order valence-electron chi connectivity index (χ1n) is 9.71. The van der Waals surface area contributed by atoms with E-state index in [1.807, 2.05) is 6.07 Å². The molecule has 2 aliphatic heterocycles. The third-order valence-electron chi connectivity index (χ3n) is 7.77. The lowest BCUT2D eigenvalue weighted by molar-refractivity contribution is -0.147. The van der Waals surface area contributed by atoms with Crippen molar-refractivity contribution in [3.63, 3.8) is 0 Å². The summed E-state index contributed by atoms with van der Waals surface area (Å²) in [6, 6.07) is 3.82. The van der Waals surface area contributed by atoms with Gasteiger partial charge in [-0.2, -0.15) is 0 Å². The number of ether oxygens (including phenoxy) is 1. The smallest absolute Gasteiger partial charge is 0.166 e. The molecule has 3 fully saturated rings. The number of nitrogens with one attached hydrogen (secondary N) is 1. The Kier molecular flexibility index (Phi) is 3.37. The molecule has 3 N–H and O–H groups in total. The van der Waals surface area contributed by atoms with Crippen molar-refractivity contribution in [2.45, 2.75) is 61.7 Å². The van der Waals surface area contributed by atoms with Crippen LogP contribution < -0.4 is 10.1 Å². The Morgan fingerprint density at radius 3 is 2.88 bits per heavy atom. The van der Waals surface area contributed by atoms with E-state index in [0.29, 0.717) is 11.7 Å². The van der Waals surface area contributed by atoms with Crippen molar-refractivity contribution in [3.05, 3.63) is 35.4 Å². The van der Waals surface area contributed by atoms with Crippen molar-refractivity contribution < 1.29 is 14.9 Å². The van der Waals surface area contributed by atoms with E-state index >= 15 is 0 Å². The first-order chi connectivity index (χ1) is 12.0. The van der Waals surface area contributed by atoms with E-state index in [-0.39, 0.29) is 30.3 Å². The van der Waals surface area contributed by atoms with Crippen molar-refractivity contribution in [1.82, 2.24) is 5.32 Å². The SMILES string of the molecule is C=C1C(CC2CC2)C[C@@]2(O)[C@H]3Cc4ccc(O)c5c4[C@@]2(CCN3)C1O5.Cl. The van der Waals surface area contributed by atoms with Crippen molar-refractivity contribution in [2.24, 2.45) is 11.8 Å². The largest absolute Gasteiger partial charge is 0.504 e. The molecule has 5 aliphatic rings. The molecular weight excluding hydrogens is 350 g/mol. The fourth-order valence-electron chi connectivity index (χ4n) is 6.47. The number of phenolic OH excluding ortho intramolecular Hbond substituents is 1. The molecule has 1 saturated heterocycles. The second-order valence-corrected chi connectivity index (χ2v) is 8.96. The summed E-state index contributed by atoms with van der Waals surface area (Å²) in [5, 5.41) is 26.1. The molecule has 0 radical (unpaired) electrons. The number of aromatic hydroxyl groups is 1. The number of hydrogen-bond donors (Lipinski definition) is 3. The molecule has 3 aliphatic carbocycles. The predicted molar refractivity (Wildman–Crippen MR) is 101 cm³/mol. The lowest BCUT2D eigenvalue weighted by atomic mass is 9.47. The van der Waals surface area contributed by atoms with Gasteiger partial charge < -0.3 is 20.3 Å². The maximum Gasteiger partial charge on any atom is 0.166 e. The van der Waals surface area contributed by atoms with Gasteiger partial charge in [0.15, 0.2) is 11.5 Å². The third kappa shape index (κ3) is 1.78. The molecule has 2 saturated carbocycles. The first kappa shape index (κ1) is 16.9. The zero-order valence-corrected chi connectivity index (χ0v) is 15.6. The summed E-state index contributed by atoms with van der Waals surface area (Å²) in [6.07, 6.45) is 5.95. The molecule has 4 nitrogen and oxygen atoms in total. The van der Waals surface area contributed by atoms with Crippen LogP contribution in [0.2, 0.25) is 0 Å². The van der Waals surface area contributed by atoms with Crippen molar-refractivity contribution in [1.29, 1.82) is 0 Å². The van der Waals surface area contributed by atoms with Gasteiger partial charge in [-0.1, -0.05) is 25.5 Å². The highest BCUT2D eigenvalue weighted by molar-refractivity contribution is 5.85. The molecule has 0 aromatic heterocycles. The van der Waals surface area contributed by atoms with E-state index < -0.39 is 11.0 Å². The molecule has 1 aromatic rings. The molecule has 26 heavy (non-hydrogen) atoms. The van der Waals surface area contributed by atoms with E-state index in [4.69, 9.17) is 4.74 Å². The van der Waals surface area contributed by atoms with Crippen LogP contribution in [-0.2, 0) is 11.8 Å². The lowest BCUT2D eigenvalue weighted by Gasteiger charge is -2.62. The van der Waals surface area contributed by atoms with Gasteiger partial charge in [0.1, 0.15) is 6.10 Å². The van der Waals surface area contributed by atoms with Crippen LogP contribution in [0.5, 0.6) is 11.5 Å². The highest BCUT2D eigenvalue weighted by atomic mass is 35.5. The minimum atomic E-state index is -0.817. The summed E-state index contributed by atoms with van der Waals surface area (Å²) in [5.41, 5.74) is 2.17. The Balaban J connectivity index is 0.00000150. The normalized spacial score (nSPS) is 41.9. The van der Waals surface area contributed by atoms with Gasteiger partial charge in [-0.3, -0.25) is 0 Å². The molecule has 5 heteroatoms. The van der Waals surface area contributed by atoms with Gasteiger partial charge in [-0.15, -0.1) is 12.4 Å². The van der Waals surface area contributed by atoms with Gasteiger partial charge >= 0.3 is 0 Å². The summed E-state index contributed by atoms with van der Waals surface area (Å²) in [7, 11) is 0. The number of rotatable bonds is 2.